The van der Waals surface area contributed by atoms with Crippen LogP contribution in [0.3, 0.4) is 0 Å². The van der Waals surface area contributed by atoms with E-state index in [2.05, 4.69) is 20.2 Å². The Morgan fingerprint density at radius 1 is 1.29 bits per heavy atom. The molecule has 1 N–H and O–H groups in total. The van der Waals surface area contributed by atoms with Crippen LogP contribution in [0, 0.1) is 5.92 Å². The van der Waals surface area contributed by atoms with Gasteiger partial charge in [-0.1, -0.05) is 11.8 Å². The van der Waals surface area contributed by atoms with Gasteiger partial charge in [-0.3, -0.25) is 9.69 Å². The SMILES string of the molecule is CSc1ncc(CN2CCC[C@@H](CNC(=O)c3ccc4c(c3)OCO4)C2)cn1. The summed E-state index contributed by atoms with van der Waals surface area (Å²) in [6.07, 6.45) is 8.05. The molecule has 1 amide bonds. The van der Waals surface area contributed by atoms with Gasteiger partial charge >= 0.3 is 0 Å². The van der Waals surface area contributed by atoms with Crippen molar-refractivity contribution in [3.8, 4) is 11.5 Å². The topological polar surface area (TPSA) is 76.6 Å². The molecule has 1 atom stereocenters. The van der Waals surface area contributed by atoms with E-state index in [9.17, 15) is 4.79 Å². The molecule has 2 aliphatic rings. The summed E-state index contributed by atoms with van der Waals surface area (Å²) in [6, 6.07) is 5.29. The van der Waals surface area contributed by atoms with Crippen LogP contribution >= 0.6 is 11.8 Å². The van der Waals surface area contributed by atoms with Crippen molar-refractivity contribution in [3.05, 3.63) is 41.7 Å². The van der Waals surface area contributed by atoms with Crippen LogP contribution in [-0.2, 0) is 6.54 Å². The van der Waals surface area contributed by atoms with Crippen LogP contribution in [-0.4, -0.2) is 53.5 Å². The van der Waals surface area contributed by atoms with Gasteiger partial charge in [0.1, 0.15) is 0 Å². The number of nitrogens with one attached hydrogen (secondary N) is 1. The van der Waals surface area contributed by atoms with Gasteiger partial charge in [0.25, 0.3) is 5.91 Å². The number of ether oxygens (including phenoxy) is 2. The number of nitrogens with zero attached hydrogens (tertiary/aromatic N) is 3. The van der Waals surface area contributed by atoms with Crippen molar-refractivity contribution in [2.45, 2.75) is 24.5 Å². The molecule has 0 aliphatic carbocycles. The molecule has 0 saturated carbocycles. The number of fused-ring (bicyclic) bond motifs is 1. The summed E-state index contributed by atoms with van der Waals surface area (Å²) >= 11 is 1.55. The largest absolute Gasteiger partial charge is 0.454 e. The number of likely N-dealkylation sites (tertiary alicyclic amines) is 1. The summed E-state index contributed by atoms with van der Waals surface area (Å²) < 4.78 is 10.6. The van der Waals surface area contributed by atoms with Crippen molar-refractivity contribution in [2.24, 2.45) is 5.92 Å². The molecule has 2 aliphatic heterocycles. The van der Waals surface area contributed by atoms with Crippen LogP contribution in [0.4, 0.5) is 0 Å². The number of hydrogen-bond donors (Lipinski definition) is 1. The van der Waals surface area contributed by atoms with Gasteiger partial charge in [-0.2, -0.15) is 0 Å². The molecule has 0 spiro atoms. The van der Waals surface area contributed by atoms with Crippen LogP contribution in [0.2, 0.25) is 0 Å². The van der Waals surface area contributed by atoms with Gasteiger partial charge in [0, 0.05) is 43.2 Å². The lowest BCUT2D eigenvalue weighted by atomic mass is 9.97. The Bertz CT molecular complexity index is 831. The fourth-order valence-electron chi connectivity index (χ4n) is 3.63. The highest BCUT2D eigenvalue weighted by Gasteiger charge is 2.22. The number of carbonyl (C=O) groups excluding carboxylic acids is 1. The van der Waals surface area contributed by atoms with E-state index in [1.165, 1.54) is 0 Å². The first-order valence-corrected chi connectivity index (χ1v) is 10.7. The molecule has 0 unspecified atom stereocenters. The smallest absolute Gasteiger partial charge is 0.251 e. The van der Waals surface area contributed by atoms with Gasteiger partial charge in [0.05, 0.1) is 0 Å². The molecule has 0 radical (unpaired) electrons. The number of benzene rings is 1. The lowest BCUT2D eigenvalue weighted by Gasteiger charge is -2.32. The lowest BCUT2D eigenvalue weighted by Crippen LogP contribution is -2.40. The molecule has 28 heavy (non-hydrogen) atoms. The zero-order valence-electron chi connectivity index (χ0n) is 15.9. The summed E-state index contributed by atoms with van der Waals surface area (Å²) in [7, 11) is 0. The molecular formula is C20H24N4O3S. The number of carbonyl (C=O) groups is 1. The van der Waals surface area contributed by atoms with E-state index in [0.717, 1.165) is 43.2 Å². The normalized spacial score (nSPS) is 18.8. The number of rotatable bonds is 6. The van der Waals surface area contributed by atoms with Crippen molar-refractivity contribution >= 4 is 17.7 Å². The van der Waals surface area contributed by atoms with Gasteiger partial charge in [0.2, 0.25) is 6.79 Å². The summed E-state index contributed by atoms with van der Waals surface area (Å²) in [6.45, 7) is 3.76. The molecule has 4 rings (SSSR count). The molecule has 148 valence electrons. The van der Waals surface area contributed by atoms with Crippen molar-refractivity contribution in [1.82, 2.24) is 20.2 Å². The summed E-state index contributed by atoms with van der Waals surface area (Å²) in [5.41, 5.74) is 1.73. The Morgan fingerprint density at radius 2 is 2.11 bits per heavy atom. The Balaban J connectivity index is 1.28. The van der Waals surface area contributed by atoms with Gasteiger partial charge in [0.15, 0.2) is 16.7 Å². The van der Waals surface area contributed by atoms with Crippen LogP contribution in [0.15, 0.2) is 35.7 Å². The molecular weight excluding hydrogens is 376 g/mol. The maximum atomic E-state index is 12.5. The molecule has 1 fully saturated rings. The molecule has 0 bridgehead atoms. The summed E-state index contributed by atoms with van der Waals surface area (Å²) in [5.74, 6) is 1.69. The highest BCUT2D eigenvalue weighted by atomic mass is 32.2. The highest BCUT2D eigenvalue weighted by Crippen LogP contribution is 2.32. The Labute approximate surface area is 168 Å². The minimum atomic E-state index is -0.0727. The van der Waals surface area contributed by atoms with E-state index in [1.807, 2.05) is 18.6 Å². The predicted molar refractivity (Wildman–Crippen MR) is 107 cm³/mol. The van der Waals surface area contributed by atoms with E-state index in [4.69, 9.17) is 9.47 Å². The van der Waals surface area contributed by atoms with Gasteiger partial charge < -0.3 is 14.8 Å². The average molecular weight is 401 g/mol. The molecule has 1 saturated heterocycles. The molecule has 1 aromatic carbocycles. The third kappa shape index (κ3) is 4.56. The van der Waals surface area contributed by atoms with E-state index in [-0.39, 0.29) is 12.7 Å². The maximum absolute atomic E-state index is 12.5. The van der Waals surface area contributed by atoms with E-state index in [0.29, 0.717) is 29.5 Å². The monoisotopic (exact) mass is 400 g/mol. The van der Waals surface area contributed by atoms with Gasteiger partial charge in [-0.15, -0.1) is 0 Å². The number of amides is 1. The number of piperidine rings is 1. The molecule has 7 nitrogen and oxygen atoms in total. The Morgan fingerprint density at radius 3 is 2.93 bits per heavy atom. The molecule has 2 aromatic rings. The maximum Gasteiger partial charge on any atom is 0.251 e. The van der Waals surface area contributed by atoms with Crippen molar-refractivity contribution in [2.75, 3.05) is 32.7 Å². The second-order valence-electron chi connectivity index (χ2n) is 7.10. The average Bonchev–Trinajstić information content (AvgIpc) is 3.21. The zero-order valence-corrected chi connectivity index (χ0v) is 16.7. The third-order valence-corrected chi connectivity index (χ3v) is 5.64. The number of aromatic nitrogens is 2. The van der Waals surface area contributed by atoms with Crippen LogP contribution in [0.1, 0.15) is 28.8 Å². The first-order chi connectivity index (χ1) is 13.7. The molecule has 3 heterocycles. The van der Waals surface area contributed by atoms with Crippen molar-refractivity contribution in [3.63, 3.8) is 0 Å². The third-order valence-electron chi connectivity index (χ3n) is 5.06. The summed E-state index contributed by atoms with van der Waals surface area (Å²) in [5, 5.41) is 3.87. The highest BCUT2D eigenvalue weighted by molar-refractivity contribution is 7.98. The van der Waals surface area contributed by atoms with Crippen molar-refractivity contribution < 1.29 is 14.3 Å². The summed E-state index contributed by atoms with van der Waals surface area (Å²) in [4.78, 5) is 23.6. The fourth-order valence-corrected chi connectivity index (χ4v) is 3.94. The number of hydrogen-bond acceptors (Lipinski definition) is 7. The first-order valence-electron chi connectivity index (χ1n) is 9.46. The lowest BCUT2D eigenvalue weighted by molar-refractivity contribution is 0.0930. The van der Waals surface area contributed by atoms with E-state index < -0.39 is 0 Å². The van der Waals surface area contributed by atoms with Crippen LogP contribution < -0.4 is 14.8 Å². The Kier molecular flexibility index (Phi) is 5.97. The van der Waals surface area contributed by atoms with Gasteiger partial charge in [-0.25, -0.2) is 9.97 Å². The molecule has 1 aromatic heterocycles. The Hall–Kier alpha value is -2.32. The standard InChI is InChI=1S/C20H24N4O3S/c1-28-20-22-9-15(10-23-20)12-24-6-2-3-14(11-24)8-21-19(25)16-4-5-17-18(7-16)27-13-26-17/h4-5,7,9-10,14H,2-3,6,8,11-13H2,1H3,(H,21,25)/t14-/m0/s1. The first kappa shape index (κ1) is 19.0. The van der Waals surface area contributed by atoms with Crippen LogP contribution in [0.25, 0.3) is 0 Å². The second-order valence-corrected chi connectivity index (χ2v) is 7.87. The minimum absolute atomic E-state index is 0.0727. The minimum Gasteiger partial charge on any atom is -0.454 e. The predicted octanol–water partition coefficient (Wildman–Crippen LogP) is 2.57. The van der Waals surface area contributed by atoms with Crippen molar-refractivity contribution in [1.29, 1.82) is 0 Å². The second kappa shape index (κ2) is 8.79. The fraction of sp³-hybridized carbons (Fsp3) is 0.450. The quantitative estimate of drug-likeness (QED) is 0.590. The van der Waals surface area contributed by atoms with Gasteiger partial charge in [-0.05, 0) is 49.8 Å². The molecule has 8 heteroatoms. The van der Waals surface area contributed by atoms with E-state index >= 15 is 0 Å². The van der Waals surface area contributed by atoms with E-state index in [1.54, 1.807) is 30.0 Å². The number of thioether (sulfide) groups is 1. The zero-order chi connectivity index (χ0) is 19.3. The van der Waals surface area contributed by atoms with Crippen LogP contribution in [0.5, 0.6) is 11.5 Å².